The quantitative estimate of drug-likeness (QED) is 0.382. The fourth-order valence-corrected chi connectivity index (χ4v) is 4.37. The van der Waals surface area contributed by atoms with Crippen LogP contribution in [0.3, 0.4) is 0 Å². The Morgan fingerprint density at radius 3 is 2.00 bits per heavy atom. The molecule has 0 atom stereocenters. The largest absolute Gasteiger partial charge is 0.358 e. The van der Waals surface area contributed by atoms with Crippen LogP contribution in [0.4, 0.5) is 17.3 Å². The molecular weight excluding hydrogens is 438 g/mol. The summed E-state index contributed by atoms with van der Waals surface area (Å²) in [5.41, 5.74) is 3.74. The number of hydrogen-bond donors (Lipinski definition) is 3. The number of benzene rings is 3. The monoisotopic (exact) mass is 461 g/mol. The van der Waals surface area contributed by atoms with E-state index in [1.807, 2.05) is 38.1 Å². The predicted octanol–water partition coefficient (Wildman–Crippen LogP) is 4.10. The molecule has 33 heavy (non-hydrogen) atoms. The Morgan fingerprint density at radius 1 is 0.788 bits per heavy atom. The van der Waals surface area contributed by atoms with Gasteiger partial charge >= 0.3 is 0 Å². The lowest BCUT2D eigenvalue weighted by Gasteiger charge is -2.15. The molecule has 4 rings (SSSR count). The van der Waals surface area contributed by atoms with Gasteiger partial charge in [0.2, 0.25) is 5.91 Å². The fraction of sp³-hybridized carbons (Fsp3) is 0.125. The third kappa shape index (κ3) is 5.09. The number of nitrogens with zero attached hydrogens (tertiary/aromatic N) is 2. The topological polar surface area (TPSA) is 113 Å². The molecule has 0 spiro atoms. The van der Waals surface area contributed by atoms with Gasteiger partial charge in [0.15, 0.2) is 11.6 Å². The molecule has 0 fully saturated rings. The van der Waals surface area contributed by atoms with Crippen LogP contribution in [0.5, 0.6) is 0 Å². The number of amides is 1. The summed E-state index contributed by atoms with van der Waals surface area (Å²) in [6.45, 7) is 3.71. The van der Waals surface area contributed by atoms with E-state index in [4.69, 9.17) is 0 Å². The van der Waals surface area contributed by atoms with E-state index in [1.165, 1.54) is 12.1 Å². The predicted molar refractivity (Wildman–Crippen MR) is 130 cm³/mol. The van der Waals surface area contributed by atoms with Crippen molar-refractivity contribution < 1.29 is 13.2 Å². The first-order chi connectivity index (χ1) is 15.8. The van der Waals surface area contributed by atoms with Gasteiger partial charge in [0.25, 0.3) is 10.0 Å². The standard InChI is InChI=1S/C24H23N5O3S/c1-16-9-8-10-17(2)22(16)28-21(30)15-25-23-24(27-20-14-7-6-13-19(20)26-23)29-33(31,32)18-11-4-3-5-12-18/h3-14H,15H2,1-2H3,(H,25,26)(H,27,29)(H,28,30). The minimum absolute atomic E-state index is 0.0115. The lowest BCUT2D eigenvalue weighted by atomic mass is 10.1. The average Bonchev–Trinajstić information content (AvgIpc) is 2.80. The Hall–Kier alpha value is -3.98. The zero-order chi connectivity index (χ0) is 23.4. The van der Waals surface area contributed by atoms with Gasteiger partial charge in [-0.15, -0.1) is 0 Å². The van der Waals surface area contributed by atoms with Crippen LogP contribution in [0.1, 0.15) is 11.1 Å². The van der Waals surface area contributed by atoms with Gasteiger partial charge in [-0.2, -0.15) is 0 Å². The zero-order valence-corrected chi connectivity index (χ0v) is 19.0. The number of para-hydroxylation sites is 3. The average molecular weight is 462 g/mol. The highest BCUT2D eigenvalue weighted by molar-refractivity contribution is 7.92. The Labute approximate surface area is 192 Å². The molecule has 9 heteroatoms. The van der Waals surface area contributed by atoms with E-state index in [1.54, 1.807) is 36.4 Å². The van der Waals surface area contributed by atoms with Gasteiger partial charge in [-0.1, -0.05) is 48.5 Å². The highest BCUT2D eigenvalue weighted by Crippen LogP contribution is 2.24. The van der Waals surface area contributed by atoms with E-state index in [2.05, 4.69) is 25.3 Å². The number of hydrogen-bond acceptors (Lipinski definition) is 6. The van der Waals surface area contributed by atoms with Crippen LogP contribution in [0.25, 0.3) is 11.0 Å². The van der Waals surface area contributed by atoms with Gasteiger partial charge in [0, 0.05) is 5.69 Å². The second-order valence-electron chi connectivity index (χ2n) is 7.50. The normalized spacial score (nSPS) is 11.2. The summed E-state index contributed by atoms with van der Waals surface area (Å²) < 4.78 is 28.2. The number of fused-ring (bicyclic) bond motifs is 1. The molecule has 0 aliphatic rings. The van der Waals surface area contributed by atoms with Gasteiger partial charge < -0.3 is 10.6 Å². The molecule has 0 aliphatic carbocycles. The number of anilines is 3. The lowest BCUT2D eigenvalue weighted by molar-refractivity contribution is -0.114. The number of nitrogens with one attached hydrogen (secondary N) is 3. The molecule has 8 nitrogen and oxygen atoms in total. The molecule has 1 aromatic heterocycles. The number of sulfonamides is 1. The molecule has 0 aliphatic heterocycles. The van der Waals surface area contributed by atoms with Crippen LogP contribution < -0.4 is 15.4 Å². The molecule has 0 radical (unpaired) electrons. The first-order valence-electron chi connectivity index (χ1n) is 10.3. The summed E-state index contributed by atoms with van der Waals surface area (Å²) in [4.78, 5) is 21.6. The van der Waals surface area contributed by atoms with Gasteiger partial charge in [-0.3, -0.25) is 9.52 Å². The van der Waals surface area contributed by atoms with E-state index < -0.39 is 10.0 Å². The van der Waals surface area contributed by atoms with Crippen molar-refractivity contribution in [3.05, 3.63) is 83.9 Å². The van der Waals surface area contributed by atoms with Crippen LogP contribution in [0.2, 0.25) is 0 Å². The lowest BCUT2D eigenvalue weighted by Crippen LogP contribution is -2.24. The van der Waals surface area contributed by atoms with Crippen molar-refractivity contribution in [2.75, 3.05) is 21.9 Å². The number of aryl methyl sites for hydroxylation is 2. The molecule has 0 unspecified atom stereocenters. The summed E-state index contributed by atoms with van der Waals surface area (Å²) in [5.74, 6) is -0.124. The molecule has 1 amide bonds. The molecule has 168 valence electrons. The molecule has 3 aromatic carbocycles. The smallest absolute Gasteiger partial charge is 0.263 e. The zero-order valence-electron chi connectivity index (χ0n) is 18.2. The van der Waals surface area contributed by atoms with Crippen molar-refractivity contribution >= 4 is 44.3 Å². The SMILES string of the molecule is Cc1cccc(C)c1NC(=O)CNc1nc2ccccc2nc1NS(=O)(=O)c1ccccc1. The molecule has 0 saturated carbocycles. The van der Waals surface area contributed by atoms with Crippen LogP contribution in [0.15, 0.2) is 77.7 Å². The molecule has 4 aromatic rings. The molecule has 1 heterocycles. The van der Waals surface area contributed by atoms with Crippen LogP contribution >= 0.6 is 0 Å². The van der Waals surface area contributed by atoms with Crippen LogP contribution in [-0.2, 0) is 14.8 Å². The first kappa shape index (κ1) is 22.2. The third-order valence-electron chi connectivity index (χ3n) is 5.02. The van der Waals surface area contributed by atoms with Gasteiger partial charge in [-0.25, -0.2) is 18.4 Å². The van der Waals surface area contributed by atoms with Crippen molar-refractivity contribution in [2.24, 2.45) is 0 Å². The van der Waals surface area contributed by atoms with Crippen molar-refractivity contribution in [3.8, 4) is 0 Å². The molecular formula is C24H23N5O3S. The van der Waals surface area contributed by atoms with E-state index in [-0.39, 0.29) is 29.0 Å². The Bertz CT molecular complexity index is 1400. The fourth-order valence-electron chi connectivity index (χ4n) is 3.34. The van der Waals surface area contributed by atoms with Crippen molar-refractivity contribution in [2.45, 2.75) is 18.7 Å². The summed E-state index contributed by atoms with van der Waals surface area (Å²) in [5, 5.41) is 5.82. The number of carbonyl (C=O) groups excluding carboxylic acids is 1. The third-order valence-corrected chi connectivity index (χ3v) is 6.37. The Morgan fingerprint density at radius 2 is 1.36 bits per heavy atom. The van der Waals surface area contributed by atoms with Crippen LogP contribution in [0, 0.1) is 13.8 Å². The number of aromatic nitrogens is 2. The molecule has 0 bridgehead atoms. The number of carbonyl (C=O) groups is 1. The summed E-state index contributed by atoms with van der Waals surface area (Å²) >= 11 is 0. The highest BCUT2D eigenvalue weighted by Gasteiger charge is 2.19. The minimum atomic E-state index is -3.90. The van der Waals surface area contributed by atoms with E-state index in [0.29, 0.717) is 11.0 Å². The maximum atomic E-state index is 12.9. The van der Waals surface area contributed by atoms with Gasteiger partial charge in [-0.05, 0) is 49.2 Å². The molecule has 0 saturated heterocycles. The van der Waals surface area contributed by atoms with Crippen molar-refractivity contribution in [1.82, 2.24) is 9.97 Å². The number of rotatable bonds is 7. The maximum Gasteiger partial charge on any atom is 0.263 e. The summed E-state index contributed by atoms with van der Waals surface area (Å²) in [6, 6.07) is 20.8. The Balaban J connectivity index is 1.60. The van der Waals surface area contributed by atoms with E-state index in [0.717, 1.165) is 16.8 Å². The van der Waals surface area contributed by atoms with E-state index >= 15 is 0 Å². The van der Waals surface area contributed by atoms with Gasteiger partial charge in [0.1, 0.15) is 0 Å². The van der Waals surface area contributed by atoms with Gasteiger partial charge in [0.05, 0.1) is 22.5 Å². The minimum Gasteiger partial charge on any atom is -0.358 e. The second-order valence-corrected chi connectivity index (χ2v) is 9.18. The van der Waals surface area contributed by atoms with Crippen LogP contribution in [-0.4, -0.2) is 30.8 Å². The Kier molecular flexibility index (Phi) is 6.23. The van der Waals surface area contributed by atoms with Crippen molar-refractivity contribution in [3.63, 3.8) is 0 Å². The highest BCUT2D eigenvalue weighted by atomic mass is 32.2. The first-order valence-corrected chi connectivity index (χ1v) is 11.8. The summed E-state index contributed by atoms with van der Waals surface area (Å²) in [6.07, 6.45) is 0. The maximum absolute atomic E-state index is 12.9. The van der Waals surface area contributed by atoms with Crippen molar-refractivity contribution in [1.29, 1.82) is 0 Å². The summed E-state index contributed by atoms with van der Waals surface area (Å²) in [7, 11) is -3.90. The van der Waals surface area contributed by atoms with E-state index in [9.17, 15) is 13.2 Å². The molecule has 3 N–H and O–H groups in total. The second kappa shape index (κ2) is 9.25.